The van der Waals surface area contributed by atoms with Crippen LogP contribution in [0, 0.1) is 5.92 Å². The SMILES string of the molecule is O=C(CC1CCCC1)Nc1ccc(C(=O)Nc2nccs2)cc1-c1ccccc1. The molecule has 1 fully saturated rings. The standard InChI is InChI=1S/C23H23N3O2S/c27-21(14-16-6-4-5-7-16)25-20-11-10-18(22(28)26-23-24-12-13-29-23)15-19(20)17-8-2-1-3-9-17/h1-3,8-13,15-16H,4-7,14H2,(H,25,27)(H,24,26,28). The zero-order valence-corrected chi connectivity index (χ0v) is 16.9. The van der Waals surface area contributed by atoms with Gasteiger partial charge in [-0.2, -0.15) is 0 Å². The van der Waals surface area contributed by atoms with Crippen LogP contribution < -0.4 is 10.6 Å². The van der Waals surface area contributed by atoms with Crippen LogP contribution in [0.15, 0.2) is 60.1 Å². The van der Waals surface area contributed by atoms with Crippen molar-refractivity contribution in [3.8, 4) is 11.1 Å². The minimum atomic E-state index is -0.221. The van der Waals surface area contributed by atoms with Crippen molar-refractivity contribution in [3.05, 3.63) is 65.7 Å². The van der Waals surface area contributed by atoms with Gasteiger partial charge in [0, 0.05) is 34.8 Å². The molecule has 0 atom stereocenters. The van der Waals surface area contributed by atoms with E-state index in [2.05, 4.69) is 15.6 Å². The molecule has 2 aromatic carbocycles. The summed E-state index contributed by atoms with van der Waals surface area (Å²) in [5.41, 5.74) is 3.03. The lowest BCUT2D eigenvalue weighted by Gasteiger charge is -2.15. The van der Waals surface area contributed by atoms with Crippen LogP contribution >= 0.6 is 11.3 Å². The van der Waals surface area contributed by atoms with Crippen molar-refractivity contribution >= 4 is 34.0 Å². The van der Waals surface area contributed by atoms with E-state index in [1.54, 1.807) is 12.3 Å². The smallest absolute Gasteiger partial charge is 0.257 e. The average molecular weight is 406 g/mol. The minimum absolute atomic E-state index is 0.0362. The van der Waals surface area contributed by atoms with E-state index in [4.69, 9.17) is 0 Å². The van der Waals surface area contributed by atoms with Gasteiger partial charge in [-0.05, 0) is 42.5 Å². The first-order valence-electron chi connectivity index (χ1n) is 9.89. The number of rotatable bonds is 6. The number of nitrogens with zero attached hydrogens (tertiary/aromatic N) is 1. The largest absolute Gasteiger partial charge is 0.326 e. The summed E-state index contributed by atoms with van der Waals surface area (Å²) in [7, 11) is 0. The molecule has 2 amide bonds. The number of benzene rings is 2. The van der Waals surface area contributed by atoms with Gasteiger partial charge < -0.3 is 5.32 Å². The predicted molar refractivity (Wildman–Crippen MR) is 117 cm³/mol. The molecule has 1 aliphatic rings. The van der Waals surface area contributed by atoms with Gasteiger partial charge >= 0.3 is 0 Å². The summed E-state index contributed by atoms with van der Waals surface area (Å²) in [5, 5.41) is 8.25. The molecule has 1 aliphatic carbocycles. The highest BCUT2D eigenvalue weighted by Gasteiger charge is 2.20. The van der Waals surface area contributed by atoms with Crippen molar-refractivity contribution in [2.45, 2.75) is 32.1 Å². The lowest BCUT2D eigenvalue weighted by molar-refractivity contribution is -0.117. The Bertz CT molecular complexity index is 981. The second kappa shape index (κ2) is 9.01. The van der Waals surface area contributed by atoms with Crippen LogP contribution in [0.25, 0.3) is 11.1 Å². The van der Waals surface area contributed by atoms with Crippen LogP contribution in [0.3, 0.4) is 0 Å². The van der Waals surface area contributed by atoms with Gasteiger partial charge in [0.2, 0.25) is 5.91 Å². The summed E-state index contributed by atoms with van der Waals surface area (Å²) < 4.78 is 0. The van der Waals surface area contributed by atoms with E-state index in [0.717, 1.165) is 29.7 Å². The summed E-state index contributed by atoms with van der Waals surface area (Å²) in [5.74, 6) is 0.300. The molecule has 0 unspecified atom stereocenters. The molecule has 2 N–H and O–H groups in total. The lowest BCUT2D eigenvalue weighted by atomic mass is 9.99. The molecule has 29 heavy (non-hydrogen) atoms. The number of carbonyl (C=O) groups excluding carboxylic acids is 2. The van der Waals surface area contributed by atoms with Gasteiger partial charge in [-0.3, -0.25) is 14.9 Å². The molecule has 0 bridgehead atoms. The van der Waals surface area contributed by atoms with E-state index in [0.29, 0.717) is 23.0 Å². The highest BCUT2D eigenvalue weighted by atomic mass is 32.1. The van der Waals surface area contributed by atoms with E-state index in [-0.39, 0.29) is 11.8 Å². The van der Waals surface area contributed by atoms with Gasteiger partial charge in [0.05, 0.1) is 0 Å². The van der Waals surface area contributed by atoms with Crippen molar-refractivity contribution in [1.29, 1.82) is 0 Å². The van der Waals surface area contributed by atoms with Gasteiger partial charge in [0.15, 0.2) is 5.13 Å². The van der Waals surface area contributed by atoms with Crippen LogP contribution in [-0.4, -0.2) is 16.8 Å². The van der Waals surface area contributed by atoms with Gasteiger partial charge in [0.1, 0.15) is 0 Å². The Morgan fingerprint density at radius 1 is 1.03 bits per heavy atom. The van der Waals surface area contributed by atoms with Crippen LogP contribution in [0.5, 0.6) is 0 Å². The Labute approximate surface area is 174 Å². The molecule has 148 valence electrons. The van der Waals surface area contributed by atoms with Gasteiger partial charge in [-0.1, -0.05) is 43.2 Å². The van der Waals surface area contributed by atoms with Crippen molar-refractivity contribution in [2.24, 2.45) is 5.92 Å². The molecule has 0 saturated heterocycles. The predicted octanol–water partition coefficient (Wildman–Crippen LogP) is 5.58. The van der Waals surface area contributed by atoms with Crippen molar-refractivity contribution < 1.29 is 9.59 Å². The number of hydrogen-bond donors (Lipinski definition) is 2. The molecular formula is C23H23N3O2S. The quantitative estimate of drug-likeness (QED) is 0.562. The van der Waals surface area contributed by atoms with Gasteiger partial charge in [-0.25, -0.2) is 4.98 Å². The summed E-state index contributed by atoms with van der Waals surface area (Å²) in [4.78, 5) is 29.3. The molecular weight excluding hydrogens is 382 g/mol. The summed E-state index contributed by atoms with van der Waals surface area (Å²) >= 11 is 1.37. The molecule has 0 spiro atoms. The first-order valence-corrected chi connectivity index (χ1v) is 10.8. The molecule has 3 aromatic rings. The Morgan fingerprint density at radius 2 is 1.83 bits per heavy atom. The fourth-order valence-corrected chi connectivity index (χ4v) is 4.31. The number of nitrogens with one attached hydrogen (secondary N) is 2. The first-order chi connectivity index (χ1) is 14.2. The second-order valence-corrected chi connectivity index (χ2v) is 8.22. The molecule has 1 saturated carbocycles. The van der Waals surface area contributed by atoms with Crippen molar-refractivity contribution in [1.82, 2.24) is 4.98 Å². The van der Waals surface area contributed by atoms with E-state index in [1.807, 2.05) is 47.8 Å². The zero-order chi connectivity index (χ0) is 20.1. The zero-order valence-electron chi connectivity index (χ0n) is 16.1. The van der Waals surface area contributed by atoms with E-state index in [9.17, 15) is 9.59 Å². The summed E-state index contributed by atoms with van der Waals surface area (Å²) in [6.45, 7) is 0. The van der Waals surface area contributed by atoms with Crippen LogP contribution in [0.1, 0.15) is 42.5 Å². The fraction of sp³-hybridized carbons (Fsp3) is 0.261. The molecule has 0 aliphatic heterocycles. The molecule has 1 heterocycles. The number of amides is 2. The first kappa shape index (κ1) is 19.3. The maximum Gasteiger partial charge on any atom is 0.257 e. The van der Waals surface area contributed by atoms with E-state index >= 15 is 0 Å². The normalized spacial score (nSPS) is 13.9. The van der Waals surface area contributed by atoms with Crippen LogP contribution in [0.4, 0.5) is 10.8 Å². The number of thiazole rings is 1. The number of carbonyl (C=O) groups is 2. The van der Waals surface area contributed by atoms with E-state index in [1.165, 1.54) is 24.2 Å². The van der Waals surface area contributed by atoms with Crippen LogP contribution in [-0.2, 0) is 4.79 Å². The Kier molecular flexibility index (Phi) is 6.00. The maximum atomic E-state index is 12.6. The Balaban J connectivity index is 1.58. The van der Waals surface area contributed by atoms with E-state index < -0.39 is 0 Å². The molecule has 4 rings (SSSR count). The third-order valence-electron chi connectivity index (χ3n) is 5.24. The average Bonchev–Trinajstić information content (AvgIpc) is 3.43. The Hall–Kier alpha value is -2.99. The van der Waals surface area contributed by atoms with Gasteiger partial charge in [-0.15, -0.1) is 11.3 Å². The van der Waals surface area contributed by atoms with Gasteiger partial charge in [0.25, 0.3) is 5.91 Å². The molecule has 0 radical (unpaired) electrons. The molecule has 1 aromatic heterocycles. The summed E-state index contributed by atoms with van der Waals surface area (Å²) in [6, 6.07) is 15.2. The second-order valence-electron chi connectivity index (χ2n) is 7.32. The Morgan fingerprint density at radius 3 is 2.55 bits per heavy atom. The number of hydrogen-bond acceptors (Lipinski definition) is 4. The molecule has 5 nitrogen and oxygen atoms in total. The molecule has 6 heteroatoms. The third kappa shape index (κ3) is 4.90. The number of aromatic nitrogens is 1. The summed E-state index contributed by atoms with van der Waals surface area (Å²) in [6.07, 6.45) is 6.91. The van der Waals surface area contributed by atoms with Crippen molar-refractivity contribution in [2.75, 3.05) is 10.6 Å². The minimum Gasteiger partial charge on any atom is -0.326 e. The monoisotopic (exact) mass is 405 g/mol. The lowest BCUT2D eigenvalue weighted by Crippen LogP contribution is -2.16. The highest BCUT2D eigenvalue weighted by molar-refractivity contribution is 7.13. The highest BCUT2D eigenvalue weighted by Crippen LogP contribution is 2.31. The fourth-order valence-electron chi connectivity index (χ4n) is 3.78. The maximum absolute atomic E-state index is 12.6. The van der Waals surface area contributed by atoms with Crippen LogP contribution in [0.2, 0.25) is 0 Å². The number of anilines is 2. The van der Waals surface area contributed by atoms with Crippen molar-refractivity contribution in [3.63, 3.8) is 0 Å². The topological polar surface area (TPSA) is 71.1 Å². The third-order valence-corrected chi connectivity index (χ3v) is 5.93.